The molecule has 0 aliphatic carbocycles. The number of anilines is 1. The summed E-state index contributed by atoms with van der Waals surface area (Å²) in [7, 11) is 0. The summed E-state index contributed by atoms with van der Waals surface area (Å²) in [5, 5.41) is 17.9. The van der Waals surface area contributed by atoms with Gasteiger partial charge in [0.25, 0.3) is 5.91 Å². The second-order valence-corrected chi connectivity index (χ2v) is 5.64. The Bertz CT molecular complexity index is 976. The Morgan fingerprint density at radius 1 is 1.07 bits per heavy atom. The maximum atomic E-state index is 12.0. The van der Waals surface area contributed by atoms with Gasteiger partial charge in [0.05, 0.1) is 23.9 Å². The zero-order valence-corrected chi connectivity index (χ0v) is 14.7. The Kier molecular flexibility index (Phi) is 5.95. The molecule has 0 spiro atoms. The molecule has 3 aromatic rings. The van der Waals surface area contributed by atoms with Gasteiger partial charge in [0.1, 0.15) is 18.4 Å². The van der Waals surface area contributed by atoms with Gasteiger partial charge in [-0.05, 0) is 48.5 Å². The van der Waals surface area contributed by atoms with Crippen LogP contribution in [-0.2, 0) is 9.59 Å². The Labute approximate surface area is 160 Å². The lowest BCUT2D eigenvalue weighted by molar-refractivity contribution is -0.125. The van der Waals surface area contributed by atoms with Crippen molar-refractivity contribution in [3.05, 3.63) is 66.7 Å². The highest BCUT2D eigenvalue weighted by Gasteiger charge is 2.07. The number of rotatable bonds is 7. The molecule has 0 saturated carbocycles. The Hall–Kier alpha value is -4.19. The van der Waals surface area contributed by atoms with Crippen molar-refractivity contribution in [1.29, 1.82) is 5.26 Å². The highest BCUT2D eigenvalue weighted by molar-refractivity contribution is 5.94. The predicted octanol–water partition coefficient (Wildman–Crippen LogP) is 1.27. The molecule has 2 aromatic carbocycles. The van der Waals surface area contributed by atoms with E-state index >= 15 is 0 Å². The lowest BCUT2D eigenvalue weighted by Gasteiger charge is -2.09. The van der Waals surface area contributed by atoms with E-state index in [4.69, 9.17) is 10.00 Å². The third-order valence-corrected chi connectivity index (χ3v) is 3.63. The van der Waals surface area contributed by atoms with Gasteiger partial charge in [-0.15, -0.1) is 0 Å². The van der Waals surface area contributed by atoms with Crippen molar-refractivity contribution < 1.29 is 14.3 Å². The number of nitrogens with zero attached hydrogens (tertiary/aromatic N) is 4. The number of carbonyl (C=O) groups is 2. The summed E-state index contributed by atoms with van der Waals surface area (Å²) in [6, 6.07) is 15.4. The van der Waals surface area contributed by atoms with E-state index in [2.05, 4.69) is 20.7 Å². The Morgan fingerprint density at radius 2 is 1.82 bits per heavy atom. The zero-order chi connectivity index (χ0) is 19.8. The molecule has 9 nitrogen and oxygen atoms in total. The molecule has 0 atom stereocenters. The van der Waals surface area contributed by atoms with Gasteiger partial charge in [0.15, 0.2) is 6.61 Å². The lowest BCUT2D eigenvalue weighted by Crippen LogP contribution is -2.35. The van der Waals surface area contributed by atoms with Crippen LogP contribution in [0.2, 0.25) is 0 Å². The van der Waals surface area contributed by atoms with Crippen LogP contribution >= 0.6 is 0 Å². The number of hydrogen-bond acceptors (Lipinski definition) is 6. The van der Waals surface area contributed by atoms with Gasteiger partial charge in [-0.1, -0.05) is 0 Å². The van der Waals surface area contributed by atoms with Crippen molar-refractivity contribution in [2.24, 2.45) is 0 Å². The standard InChI is InChI=1S/C19H16N6O3/c20-9-14-1-7-17(8-2-14)28-11-19(27)22-10-18(26)24-15-3-5-16(6-4-15)25-13-21-12-23-25/h1-8,12-13H,10-11H2,(H,22,27)(H,24,26). The van der Waals surface area contributed by atoms with Crippen molar-refractivity contribution in [1.82, 2.24) is 20.1 Å². The number of nitriles is 1. The molecule has 2 amide bonds. The number of hydrogen-bond donors (Lipinski definition) is 2. The Balaban J connectivity index is 1.41. The Morgan fingerprint density at radius 3 is 2.46 bits per heavy atom. The summed E-state index contributed by atoms with van der Waals surface area (Å²) in [6.07, 6.45) is 3.01. The van der Waals surface area contributed by atoms with Crippen LogP contribution in [0.3, 0.4) is 0 Å². The first-order valence-electron chi connectivity index (χ1n) is 8.28. The molecule has 9 heteroatoms. The highest BCUT2D eigenvalue weighted by atomic mass is 16.5. The summed E-state index contributed by atoms with van der Waals surface area (Å²) in [5.41, 5.74) is 1.91. The van der Waals surface area contributed by atoms with Gasteiger partial charge >= 0.3 is 0 Å². The van der Waals surface area contributed by atoms with Crippen LogP contribution in [0, 0.1) is 11.3 Å². The van der Waals surface area contributed by atoms with E-state index in [9.17, 15) is 9.59 Å². The summed E-state index contributed by atoms with van der Waals surface area (Å²) in [4.78, 5) is 27.6. The number of ether oxygens (including phenoxy) is 1. The van der Waals surface area contributed by atoms with E-state index in [0.29, 0.717) is 17.0 Å². The van der Waals surface area contributed by atoms with E-state index < -0.39 is 5.91 Å². The van der Waals surface area contributed by atoms with Gasteiger partial charge in [0.2, 0.25) is 5.91 Å². The summed E-state index contributed by atoms with van der Waals surface area (Å²) >= 11 is 0. The molecule has 0 aliphatic heterocycles. The second-order valence-electron chi connectivity index (χ2n) is 5.64. The van der Waals surface area contributed by atoms with Gasteiger partial charge in [0, 0.05) is 5.69 Å². The van der Waals surface area contributed by atoms with Crippen LogP contribution in [0.5, 0.6) is 5.75 Å². The normalized spacial score (nSPS) is 9.96. The van der Waals surface area contributed by atoms with Crippen molar-refractivity contribution in [2.75, 3.05) is 18.5 Å². The van der Waals surface area contributed by atoms with E-state index in [1.165, 1.54) is 6.33 Å². The molecule has 1 aromatic heterocycles. The molecule has 0 radical (unpaired) electrons. The fraction of sp³-hybridized carbons (Fsp3) is 0.105. The highest BCUT2D eigenvalue weighted by Crippen LogP contribution is 2.12. The molecule has 2 N–H and O–H groups in total. The number of nitrogens with one attached hydrogen (secondary N) is 2. The SMILES string of the molecule is N#Cc1ccc(OCC(=O)NCC(=O)Nc2ccc(-n3cncn3)cc2)cc1. The van der Waals surface area contributed by atoms with Gasteiger partial charge in [-0.3, -0.25) is 9.59 Å². The molecule has 1 heterocycles. The maximum absolute atomic E-state index is 12.0. The van der Waals surface area contributed by atoms with Gasteiger partial charge in [-0.25, -0.2) is 9.67 Å². The quantitative estimate of drug-likeness (QED) is 0.640. The molecule has 0 saturated heterocycles. The maximum Gasteiger partial charge on any atom is 0.258 e. The lowest BCUT2D eigenvalue weighted by atomic mass is 10.2. The van der Waals surface area contributed by atoms with Gasteiger partial charge in [-0.2, -0.15) is 10.4 Å². The number of carbonyl (C=O) groups excluding carboxylic acids is 2. The van der Waals surface area contributed by atoms with Crippen LogP contribution in [0.25, 0.3) is 5.69 Å². The molecular formula is C19H16N6O3. The molecule has 3 rings (SSSR count). The minimum atomic E-state index is -0.430. The van der Waals surface area contributed by atoms with Crippen molar-refractivity contribution >= 4 is 17.5 Å². The molecule has 0 aliphatic rings. The molecule has 140 valence electrons. The molecule has 0 fully saturated rings. The minimum Gasteiger partial charge on any atom is -0.484 e. The summed E-state index contributed by atoms with van der Waals surface area (Å²) in [6.45, 7) is -0.411. The third-order valence-electron chi connectivity index (χ3n) is 3.63. The minimum absolute atomic E-state index is 0.180. The smallest absolute Gasteiger partial charge is 0.258 e. The van der Waals surface area contributed by atoms with E-state index in [-0.39, 0.29) is 19.1 Å². The molecule has 0 unspecified atom stereocenters. The molecular weight excluding hydrogens is 360 g/mol. The van der Waals surface area contributed by atoms with Crippen molar-refractivity contribution in [3.63, 3.8) is 0 Å². The average molecular weight is 376 g/mol. The van der Waals surface area contributed by atoms with Crippen LogP contribution < -0.4 is 15.4 Å². The third kappa shape index (κ3) is 5.15. The van der Waals surface area contributed by atoms with E-state index in [1.807, 2.05) is 6.07 Å². The van der Waals surface area contributed by atoms with Crippen molar-refractivity contribution in [3.8, 4) is 17.5 Å². The summed E-state index contributed by atoms with van der Waals surface area (Å²) in [5.74, 6) is -0.327. The second kappa shape index (κ2) is 8.95. The van der Waals surface area contributed by atoms with Crippen LogP contribution in [0.15, 0.2) is 61.2 Å². The zero-order valence-electron chi connectivity index (χ0n) is 14.7. The van der Waals surface area contributed by atoms with E-state index in [0.717, 1.165) is 5.69 Å². The van der Waals surface area contributed by atoms with Crippen LogP contribution in [0.1, 0.15) is 5.56 Å². The predicted molar refractivity (Wildman–Crippen MR) is 99.7 cm³/mol. The number of aromatic nitrogens is 3. The largest absolute Gasteiger partial charge is 0.484 e. The molecule has 0 bridgehead atoms. The topological polar surface area (TPSA) is 122 Å². The van der Waals surface area contributed by atoms with E-state index in [1.54, 1.807) is 59.5 Å². The fourth-order valence-electron chi connectivity index (χ4n) is 2.25. The number of benzene rings is 2. The first-order chi connectivity index (χ1) is 13.6. The fourth-order valence-corrected chi connectivity index (χ4v) is 2.25. The first-order valence-corrected chi connectivity index (χ1v) is 8.28. The van der Waals surface area contributed by atoms with Crippen LogP contribution in [-0.4, -0.2) is 39.7 Å². The van der Waals surface area contributed by atoms with Crippen molar-refractivity contribution in [2.45, 2.75) is 0 Å². The van der Waals surface area contributed by atoms with Crippen LogP contribution in [0.4, 0.5) is 5.69 Å². The first kappa shape index (κ1) is 18.6. The average Bonchev–Trinajstić information content (AvgIpc) is 3.26. The monoisotopic (exact) mass is 376 g/mol. The van der Waals surface area contributed by atoms with Gasteiger partial charge < -0.3 is 15.4 Å². The molecule has 28 heavy (non-hydrogen) atoms. The number of amides is 2. The summed E-state index contributed by atoms with van der Waals surface area (Å²) < 4.78 is 6.90.